The third-order valence-corrected chi connectivity index (χ3v) is 3.18. The van der Waals surface area contributed by atoms with E-state index < -0.39 is 12.0 Å². The van der Waals surface area contributed by atoms with Gasteiger partial charge in [0.15, 0.2) is 0 Å². The first-order valence-corrected chi connectivity index (χ1v) is 7.19. The fourth-order valence-electron chi connectivity index (χ4n) is 1.99. The third-order valence-electron chi connectivity index (χ3n) is 3.18. The molecule has 2 rings (SSSR count). The van der Waals surface area contributed by atoms with Crippen LogP contribution < -0.4 is 15.4 Å². The highest BCUT2D eigenvalue weighted by Crippen LogP contribution is 2.18. The average Bonchev–Trinajstić information content (AvgIpc) is 2.62. The van der Waals surface area contributed by atoms with Gasteiger partial charge in [-0.2, -0.15) is 0 Å². The Morgan fingerprint density at radius 3 is 2.38 bits per heavy atom. The number of esters is 1. The van der Waals surface area contributed by atoms with Crippen LogP contribution in [0.25, 0.3) is 6.08 Å². The van der Waals surface area contributed by atoms with Gasteiger partial charge in [-0.1, -0.05) is 18.2 Å². The molecule has 0 heterocycles. The zero-order valence-electron chi connectivity index (χ0n) is 13.4. The van der Waals surface area contributed by atoms with Crippen molar-refractivity contribution in [2.75, 3.05) is 19.5 Å². The van der Waals surface area contributed by atoms with Gasteiger partial charge in [-0.3, -0.25) is 0 Å². The molecule has 0 atom stereocenters. The van der Waals surface area contributed by atoms with Gasteiger partial charge in [0.2, 0.25) is 0 Å². The molecule has 0 unspecified atom stereocenters. The second-order valence-electron chi connectivity index (χ2n) is 4.74. The molecule has 124 valence electrons. The molecule has 2 amide bonds. The van der Waals surface area contributed by atoms with E-state index in [9.17, 15) is 9.59 Å². The Hall–Kier alpha value is -3.28. The van der Waals surface area contributed by atoms with Gasteiger partial charge in [-0.15, -0.1) is 0 Å². The number of urea groups is 1. The topological polar surface area (TPSA) is 76.7 Å². The van der Waals surface area contributed by atoms with Crippen LogP contribution in [0.5, 0.6) is 5.75 Å². The van der Waals surface area contributed by atoms with E-state index in [1.54, 1.807) is 37.5 Å². The molecule has 0 aromatic heterocycles. The summed E-state index contributed by atoms with van der Waals surface area (Å²) in [5.74, 6) is 0.292. The van der Waals surface area contributed by atoms with Crippen LogP contribution in [0.2, 0.25) is 0 Å². The van der Waals surface area contributed by atoms with E-state index in [-0.39, 0.29) is 0 Å². The lowest BCUT2D eigenvalue weighted by molar-refractivity contribution is 0.0601. The molecule has 0 aliphatic rings. The first-order valence-electron chi connectivity index (χ1n) is 7.19. The number of hydrogen-bond acceptors (Lipinski definition) is 4. The molecule has 0 aliphatic heterocycles. The lowest BCUT2D eigenvalue weighted by Gasteiger charge is -2.06. The van der Waals surface area contributed by atoms with E-state index in [2.05, 4.69) is 15.4 Å². The predicted octanol–water partition coefficient (Wildman–Crippen LogP) is 3.27. The van der Waals surface area contributed by atoms with E-state index in [0.29, 0.717) is 17.0 Å². The Morgan fingerprint density at radius 2 is 1.71 bits per heavy atom. The highest BCUT2D eigenvalue weighted by Gasteiger charge is 2.05. The van der Waals surface area contributed by atoms with Crippen molar-refractivity contribution in [1.82, 2.24) is 5.32 Å². The van der Waals surface area contributed by atoms with Crippen LogP contribution in [-0.2, 0) is 4.74 Å². The van der Waals surface area contributed by atoms with Gasteiger partial charge >= 0.3 is 12.0 Å². The van der Waals surface area contributed by atoms with Crippen molar-refractivity contribution in [3.8, 4) is 5.75 Å². The highest BCUT2D eigenvalue weighted by atomic mass is 16.5. The molecule has 6 heteroatoms. The largest absolute Gasteiger partial charge is 0.496 e. The lowest BCUT2D eigenvalue weighted by atomic mass is 10.2. The van der Waals surface area contributed by atoms with Crippen LogP contribution in [-0.4, -0.2) is 26.2 Å². The van der Waals surface area contributed by atoms with Crippen molar-refractivity contribution >= 4 is 23.8 Å². The summed E-state index contributed by atoms with van der Waals surface area (Å²) in [7, 11) is 2.90. The minimum absolute atomic E-state index is 0.396. The molecule has 0 spiro atoms. The summed E-state index contributed by atoms with van der Waals surface area (Å²) in [5, 5.41) is 5.26. The molecule has 2 N–H and O–H groups in total. The van der Waals surface area contributed by atoms with Crippen LogP contribution in [0, 0.1) is 0 Å². The summed E-state index contributed by atoms with van der Waals surface area (Å²) in [5.41, 5.74) is 1.83. The smallest absolute Gasteiger partial charge is 0.337 e. The maximum Gasteiger partial charge on any atom is 0.337 e. The number of rotatable bonds is 5. The second-order valence-corrected chi connectivity index (χ2v) is 4.74. The van der Waals surface area contributed by atoms with Gasteiger partial charge in [0.25, 0.3) is 0 Å². The van der Waals surface area contributed by atoms with Gasteiger partial charge in [0.05, 0.1) is 19.8 Å². The number of benzene rings is 2. The number of amides is 2. The average molecular weight is 326 g/mol. The van der Waals surface area contributed by atoms with Crippen LogP contribution in [0.4, 0.5) is 10.5 Å². The Labute approximate surface area is 140 Å². The van der Waals surface area contributed by atoms with E-state index in [1.165, 1.54) is 13.3 Å². The Kier molecular flexibility index (Phi) is 5.96. The quantitative estimate of drug-likeness (QED) is 0.827. The highest BCUT2D eigenvalue weighted by molar-refractivity contribution is 5.92. The molecule has 0 saturated carbocycles. The van der Waals surface area contributed by atoms with Crippen LogP contribution in [0.15, 0.2) is 54.7 Å². The van der Waals surface area contributed by atoms with Gasteiger partial charge in [-0.05, 0) is 36.4 Å². The summed E-state index contributed by atoms with van der Waals surface area (Å²) in [4.78, 5) is 23.2. The Bertz CT molecular complexity index is 739. The molecular formula is C18H18N2O4. The molecule has 0 saturated heterocycles. The van der Waals surface area contributed by atoms with Crippen molar-refractivity contribution in [1.29, 1.82) is 0 Å². The lowest BCUT2D eigenvalue weighted by Crippen LogP contribution is -2.23. The molecular weight excluding hydrogens is 308 g/mol. The summed E-state index contributed by atoms with van der Waals surface area (Å²) in [6.07, 6.45) is 3.26. The normalized spacial score (nSPS) is 10.2. The number of anilines is 1. The summed E-state index contributed by atoms with van der Waals surface area (Å²) in [6, 6.07) is 13.5. The molecule has 2 aromatic rings. The minimum atomic E-state index is -0.425. The third kappa shape index (κ3) is 4.61. The SMILES string of the molecule is COC(=O)c1ccc(NC(=O)N/C=C/c2ccccc2OC)cc1. The number of hydrogen-bond donors (Lipinski definition) is 2. The molecule has 0 fully saturated rings. The zero-order valence-corrected chi connectivity index (χ0v) is 13.4. The van der Waals surface area contributed by atoms with Gasteiger partial charge < -0.3 is 20.1 Å². The van der Waals surface area contributed by atoms with Crippen molar-refractivity contribution in [3.63, 3.8) is 0 Å². The summed E-state index contributed by atoms with van der Waals surface area (Å²) in [6.45, 7) is 0. The summed E-state index contributed by atoms with van der Waals surface area (Å²) < 4.78 is 9.83. The number of carbonyl (C=O) groups is 2. The Balaban J connectivity index is 1.91. The molecule has 0 bridgehead atoms. The number of methoxy groups -OCH3 is 2. The standard InChI is InChI=1S/C18H18N2O4/c1-23-16-6-4-3-5-13(16)11-12-19-18(22)20-15-9-7-14(8-10-15)17(21)24-2/h3-12H,1-2H3,(H2,19,20,22)/b12-11+. The van der Waals surface area contributed by atoms with E-state index in [0.717, 1.165) is 5.56 Å². The van der Waals surface area contributed by atoms with Gasteiger partial charge in [0, 0.05) is 17.5 Å². The fraction of sp³-hybridized carbons (Fsp3) is 0.111. The maximum atomic E-state index is 11.8. The number of ether oxygens (including phenoxy) is 2. The fourth-order valence-corrected chi connectivity index (χ4v) is 1.99. The van der Waals surface area contributed by atoms with E-state index in [1.807, 2.05) is 24.3 Å². The van der Waals surface area contributed by atoms with Crippen molar-refractivity contribution in [2.24, 2.45) is 0 Å². The molecule has 0 aliphatic carbocycles. The zero-order chi connectivity index (χ0) is 17.4. The summed E-state index contributed by atoms with van der Waals surface area (Å²) >= 11 is 0. The van der Waals surface area contributed by atoms with Gasteiger partial charge in [-0.25, -0.2) is 9.59 Å². The number of carbonyl (C=O) groups excluding carboxylic acids is 2. The van der Waals surface area contributed by atoms with E-state index in [4.69, 9.17) is 4.74 Å². The molecule has 6 nitrogen and oxygen atoms in total. The van der Waals surface area contributed by atoms with Crippen molar-refractivity contribution < 1.29 is 19.1 Å². The van der Waals surface area contributed by atoms with E-state index >= 15 is 0 Å². The van der Waals surface area contributed by atoms with Crippen LogP contribution in [0.3, 0.4) is 0 Å². The first-order chi connectivity index (χ1) is 11.6. The van der Waals surface area contributed by atoms with Crippen LogP contribution in [0.1, 0.15) is 15.9 Å². The van der Waals surface area contributed by atoms with Crippen LogP contribution >= 0.6 is 0 Å². The van der Waals surface area contributed by atoms with Crippen molar-refractivity contribution in [3.05, 3.63) is 65.9 Å². The predicted molar refractivity (Wildman–Crippen MR) is 92.0 cm³/mol. The first kappa shape index (κ1) is 17.1. The minimum Gasteiger partial charge on any atom is -0.496 e. The van der Waals surface area contributed by atoms with Gasteiger partial charge in [0.1, 0.15) is 5.75 Å². The Morgan fingerprint density at radius 1 is 1.00 bits per heavy atom. The molecule has 0 radical (unpaired) electrons. The monoisotopic (exact) mass is 326 g/mol. The number of para-hydroxylation sites is 1. The van der Waals surface area contributed by atoms with Crippen molar-refractivity contribution in [2.45, 2.75) is 0 Å². The second kappa shape index (κ2) is 8.38. The molecule has 24 heavy (non-hydrogen) atoms. The molecule has 2 aromatic carbocycles. The maximum absolute atomic E-state index is 11.8. The number of nitrogens with one attached hydrogen (secondary N) is 2.